The van der Waals surface area contributed by atoms with Crippen LogP contribution in [-0.2, 0) is 6.54 Å². The molecule has 1 aliphatic rings. The molecule has 0 spiro atoms. The summed E-state index contributed by atoms with van der Waals surface area (Å²) >= 11 is 6.19. The van der Waals surface area contributed by atoms with Crippen molar-refractivity contribution in [1.82, 2.24) is 19.4 Å². The maximum Gasteiger partial charge on any atom is 0.270 e. The third-order valence-corrected chi connectivity index (χ3v) is 5.95. The summed E-state index contributed by atoms with van der Waals surface area (Å²) in [6, 6.07) is 15.7. The molecule has 5 rings (SSSR count). The van der Waals surface area contributed by atoms with Crippen molar-refractivity contribution >= 4 is 34.4 Å². The molecule has 1 amide bonds. The van der Waals surface area contributed by atoms with Crippen LogP contribution in [0.4, 0.5) is 10.3 Å². The summed E-state index contributed by atoms with van der Waals surface area (Å²) < 4.78 is 15.7. The standard InChI is InChI=1S/C24H21ClFN5O/c25-19-5-6-21-18(14-19)15-22(31(21)16-17-3-1-4-20(26)13-17)23(32)29-9-11-30(12-10-29)24-27-7-2-8-28-24/h1-8,13-15H,9-12,16H2. The van der Waals surface area contributed by atoms with Gasteiger partial charge in [0.2, 0.25) is 5.95 Å². The number of carbonyl (C=O) groups is 1. The maximum atomic E-state index is 13.8. The van der Waals surface area contributed by atoms with Gasteiger partial charge >= 0.3 is 0 Å². The smallest absolute Gasteiger partial charge is 0.270 e. The highest BCUT2D eigenvalue weighted by Crippen LogP contribution is 2.26. The summed E-state index contributed by atoms with van der Waals surface area (Å²) in [7, 11) is 0. The van der Waals surface area contributed by atoms with Crippen molar-refractivity contribution in [2.24, 2.45) is 0 Å². The van der Waals surface area contributed by atoms with Gasteiger partial charge in [0, 0.05) is 61.0 Å². The van der Waals surface area contributed by atoms with Crippen LogP contribution in [0.5, 0.6) is 0 Å². The summed E-state index contributed by atoms with van der Waals surface area (Å²) in [5, 5.41) is 1.49. The second-order valence-electron chi connectivity index (χ2n) is 7.78. The first-order valence-electron chi connectivity index (χ1n) is 10.4. The molecular weight excluding hydrogens is 429 g/mol. The summed E-state index contributed by atoms with van der Waals surface area (Å²) in [5.74, 6) is 0.325. The lowest BCUT2D eigenvalue weighted by Gasteiger charge is -2.34. The minimum absolute atomic E-state index is 0.0534. The van der Waals surface area contributed by atoms with E-state index in [4.69, 9.17) is 11.6 Å². The summed E-state index contributed by atoms with van der Waals surface area (Å²) in [5.41, 5.74) is 2.24. The molecule has 0 aliphatic carbocycles. The molecule has 32 heavy (non-hydrogen) atoms. The Morgan fingerprint density at radius 2 is 1.75 bits per heavy atom. The Hall–Kier alpha value is -3.45. The van der Waals surface area contributed by atoms with Gasteiger partial charge in [0.25, 0.3) is 5.91 Å². The molecule has 6 nitrogen and oxygen atoms in total. The van der Waals surface area contributed by atoms with Gasteiger partial charge in [-0.05, 0) is 48.0 Å². The highest BCUT2D eigenvalue weighted by molar-refractivity contribution is 6.31. The monoisotopic (exact) mass is 449 g/mol. The zero-order chi connectivity index (χ0) is 22.1. The van der Waals surface area contributed by atoms with Gasteiger partial charge < -0.3 is 14.4 Å². The second-order valence-corrected chi connectivity index (χ2v) is 8.21. The molecule has 8 heteroatoms. The number of rotatable bonds is 4. The number of amides is 1. The van der Waals surface area contributed by atoms with E-state index in [-0.39, 0.29) is 11.7 Å². The van der Waals surface area contributed by atoms with Gasteiger partial charge in [-0.25, -0.2) is 14.4 Å². The highest BCUT2D eigenvalue weighted by atomic mass is 35.5. The number of halogens is 2. The molecular formula is C24H21ClFN5O. The fourth-order valence-electron chi connectivity index (χ4n) is 4.13. The number of anilines is 1. The van der Waals surface area contributed by atoms with Gasteiger partial charge in [0.05, 0.1) is 0 Å². The van der Waals surface area contributed by atoms with Crippen molar-refractivity contribution in [3.63, 3.8) is 0 Å². The van der Waals surface area contributed by atoms with E-state index in [1.54, 1.807) is 30.6 Å². The van der Waals surface area contributed by atoms with E-state index >= 15 is 0 Å². The van der Waals surface area contributed by atoms with Crippen molar-refractivity contribution < 1.29 is 9.18 Å². The average Bonchev–Trinajstić information content (AvgIpc) is 3.16. The van der Waals surface area contributed by atoms with Crippen molar-refractivity contribution in [1.29, 1.82) is 0 Å². The first-order valence-corrected chi connectivity index (χ1v) is 10.8. The fourth-order valence-corrected chi connectivity index (χ4v) is 4.31. The van der Waals surface area contributed by atoms with Crippen LogP contribution < -0.4 is 4.90 Å². The molecule has 1 fully saturated rings. The third-order valence-electron chi connectivity index (χ3n) is 5.71. The second kappa shape index (κ2) is 8.59. The van der Waals surface area contributed by atoms with Crippen LogP contribution >= 0.6 is 11.6 Å². The van der Waals surface area contributed by atoms with Crippen LogP contribution in [0, 0.1) is 5.82 Å². The molecule has 0 bridgehead atoms. The van der Waals surface area contributed by atoms with Crippen LogP contribution in [-0.4, -0.2) is 51.5 Å². The van der Waals surface area contributed by atoms with Crippen LogP contribution in [0.1, 0.15) is 16.1 Å². The molecule has 2 aromatic heterocycles. The molecule has 3 heterocycles. The first kappa shape index (κ1) is 20.5. The van der Waals surface area contributed by atoms with Gasteiger partial charge in [-0.1, -0.05) is 23.7 Å². The van der Waals surface area contributed by atoms with E-state index in [1.807, 2.05) is 33.7 Å². The van der Waals surface area contributed by atoms with Crippen LogP contribution in [0.15, 0.2) is 67.0 Å². The Balaban J connectivity index is 1.43. The zero-order valence-corrected chi connectivity index (χ0v) is 18.0. The molecule has 162 valence electrons. The van der Waals surface area contributed by atoms with E-state index in [0.29, 0.717) is 49.4 Å². The van der Waals surface area contributed by atoms with Crippen molar-refractivity contribution in [2.75, 3.05) is 31.1 Å². The van der Waals surface area contributed by atoms with E-state index in [0.717, 1.165) is 16.5 Å². The van der Waals surface area contributed by atoms with Crippen molar-refractivity contribution in [2.45, 2.75) is 6.54 Å². The number of hydrogen-bond donors (Lipinski definition) is 0. The Labute approximate surface area is 189 Å². The lowest BCUT2D eigenvalue weighted by atomic mass is 10.2. The van der Waals surface area contributed by atoms with Crippen LogP contribution in [0.2, 0.25) is 5.02 Å². The predicted molar refractivity (Wildman–Crippen MR) is 123 cm³/mol. The first-order chi connectivity index (χ1) is 15.6. The van der Waals surface area contributed by atoms with Crippen molar-refractivity contribution in [3.8, 4) is 0 Å². The Bertz CT molecular complexity index is 1270. The number of fused-ring (bicyclic) bond motifs is 1. The molecule has 1 aliphatic heterocycles. The molecule has 0 N–H and O–H groups in total. The van der Waals surface area contributed by atoms with E-state index in [1.165, 1.54) is 12.1 Å². The molecule has 0 saturated carbocycles. The molecule has 0 radical (unpaired) electrons. The minimum atomic E-state index is -0.297. The minimum Gasteiger partial charge on any atom is -0.337 e. The van der Waals surface area contributed by atoms with Crippen LogP contribution in [0.3, 0.4) is 0 Å². The Morgan fingerprint density at radius 1 is 0.969 bits per heavy atom. The quantitative estimate of drug-likeness (QED) is 0.467. The third kappa shape index (κ3) is 4.03. The number of nitrogens with zero attached hydrogens (tertiary/aromatic N) is 5. The van der Waals surface area contributed by atoms with Gasteiger partial charge in [0.15, 0.2) is 0 Å². The zero-order valence-electron chi connectivity index (χ0n) is 17.3. The molecule has 2 aromatic carbocycles. The maximum absolute atomic E-state index is 13.8. The SMILES string of the molecule is O=C(c1cc2cc(Cl)ccc2n1Cc1cccc(F)c1)N1CCN(c2ncccn2)CC1. The van der Waals surface area contributed by atoms with E-state index < -0.39 is 0 Å². The number of carbonyl (C=O) groups excluding carboxylic acids is 1. The molecule has 4 aromatic rings. The van der Waals surface area contributed by atoms with E-state index in [9.17, 15) is 9.18 Å². The van der Waals surface area contributed by atoms with Crippen LogP contribution in [0.25, 0.3) is 10.9 Å². The van der Waals surface area contributed by atoms with E-state index in [2.05, 4.69) is 14.9 Å². The topological polar surface area (TPSA) is 54.3 Å². The van der Waals surface area contributed by atoms with Gasteiger partial charge in [-0.15, -0.1) is 0 Å². The van der Waals surface area contributed by atoms with Gasteiger partial charge in [0.1, 0.15) is 11.5 Å². The predicted octanol–water partition coefficient (Wildman–Crippen LogP) is 4.23. The Morgan fingerprint density at radius 3 is 2.50 bits per heavy atom. The number of aromatic nitrogens is 3. The lowest BCUT2D eigenvalue weighted by molar-refractivity contribution is 0.0736. The van der Waals surface area contributed by atoms with Gasteiger partial charge in [-0.2, -0.15) is 0 Å². The highest BCUT2D eigenvalue weighted by Gasteiger charge is 2.26. The molecule has 0 atom stereocenters. The number of hydrogen-bond acceptors (Lipinski definition) is 4. The number of piperazine rings is 1. The van der Waals surface area contributed by atoms with Gasteiger partial charge in [-0.3, -0.25) is 4.79 Å². The summed E-state index contributed by atoms with van der Waals surface area (Å²) in [6.45, 7) is 2.85. The largest absolute Gasteiger partial charge is 0.337 e. The summed E-state index contributed by atoms with van der Waals surface area (Å²) in [4.78, 5) is 26.0. The normalized spacial score (nSPS) is 14.2. The lowest BCUT2D eigenvalue weighted by Crippen LogP contribution is -2.49. The Kier molecular flexibility index (Phi) is 5.49. The number of benzene rings is 2. The molecule has 1 saturated heterocycles. The average molecular weight is 450 g/mol. The summed E-state index contributed by atoms with van der Waals surface area (Å²) in [6.07, 6.45) is 3.44. The fraction of sp³-hybridized carbons (Fsp3) is 0.208. The molecule has 0 unspecified atom stereocenters. The van der Waals surface area contributed by atoms with Crippen molar-refractivity contribution in [3.05, 3.63) is 89.1 Å².